The van der Waals surface area contributed by atoms with Gasteiger partial charge >= 0.3 is 0 Å². The summed E-state index contributed by atoms with van der Waals surface area (Å²) < 4.78 is 0. The van der Waals surface area contributed by atoms with Crippen LogP contribution in [-0.2, 0) is 15.6 Å². The molecule has 122 valence electrons. The summed E-state index contributed by atoms with van der Waals surface area (Å²) in [5, 5.41) is 3.17. The molecule has 1 aliphatic rings. The predicted octanol–water partition coefficient (Wildman–Crippen LogP) is 4.57. The minimum absolute atomic E-state index is 0.129. The first kappa shape index (κ1) is 17.1. The van der Waals surface area contributed by atoms with E-state index in [1.54, 1.807) is 0 Å². The number of amides is 1. The number of hydrogen-bond donors (Lipinski definition) is 1. The standard InChI is InChI=1S/C20H31NO/c1-18(2,3)15-8-10-16(11-9-15)19(4,5)17(22)21-14-20(6)12-7-13-20/h8-11H,7,12-14H2,1-6H3,(H,21,22). The molecule has 0 aromatic heterocycles. The molecule has 0 heterocycles. The molecule has 1 aromatic rings. The Morgan fingerprint density at radius 1 is 1.05 bits per heavy atom. The second-order valence-corrected chi connectivity index (χ2v) is 8.80. The number of nitrogens with one attached hydrogen (secondary N) is 1. The Balaban J connectivity index is 2.06. The molecular weight excluding hydrogens is 270 g/mol. The molecule has 22 heavy (non-hydrogen) atoms. The summed E-state index contributed by atoms with van der Waals surface area (Å²) in [6.45, 7) is 13.7. The Kier molecular flexibility index (Phi) is 4.43. The lowest BCUT2D eigenvalue weighted by atomic mass is 9.70. The smallest absolute Gasteiger partial charge is 0.230 e. The first-order chi connectivity index (χ1) is 10.0. The van der Waals surface area contributed by atoms with Crippen LogP contribution >= 0.6 is 0 Å². The van der Waals surface area contributed by atoms with E-state index in [-0.39, 0.29) is 11.3 Å². The van der Waals surface area contributed by atoms with Crippen LogP contribution in [0.1, 0.15) is 71.9 Å². The van der Waals surface area contributed by atoms with Crippen molar-refractivity contribution in [3.63, 3.8) is 0 Å². The summed E-state index contributed by atoms with van der Waals surface area (Å²) >= 11 is 0. The average Bonchev–Trinajstić information content (AvgIpc) is 2.41. The van der Waals surface area contributed by atoms with Crippen LogP contribution in [0.2, 0.25) is 0 Å². The molecule has 1 amide bonds. The minimum Gasteiger partial charge on any atom is -0.355 e. The first-order valence-electron chi connectivity index (χ1n) is 8.44. The number of rotatable bonds is 4. The molecule has 2 heteroatoms. The normalized spacial score (nSPS) is 17.7. The lowest BCUT2D eigenvalue weighted by Crippen LogP contribution is -2.46. The summed E-state index contributed by atoms with van der Waals surface area (Å²) in [5.74, 6) is 0.129. The third kappa shape index (κ3) is 3.53. The Bertz CT molecular complexity index is 530. The zero-order valence-electron chi connectivity index (χ0n) is 15.0. The molecule has 0 aliphatic heterocycles. The van der Waals surface area contributed by atoms with Crippen molar-refractivity contribution >= 4 is 5.91 Å². The van der Waals surface area contributed by atoms with Gasteiger partial charge in [0.2, 0.25) is 5.91 Å². The molecule has 1 aromatic carbocycles. The molecule has 0 bridgehead atoms. The highest BCUT2D eigenvalue weighted by Gasteiger charge is 2.35. The Morgan fingerprint density at radius 2 is 1.55 bits per heavy atom. The van der Waals surface area contributed by atoms with Gasteiger partial charge in [-0.2, -0.15) is 0 Å². The Labute approximate surface area is 135 Å². The fraction of sp³-hybridized carbons (Fsp3) is 0.650. The molecule has 0 unspecified atom stereocenters. The minimum atomic E-state index is -0.490. The van der Waals surface area contributed by atoms with Crippen LogP contribution in [0.5, 0.6) is 0 Å². The quantitative estimate of drug-likeness (QED) is 0.867. The molecule has 1 fully saturated rings. The van der Waals surface area contributed by atoms with Gasteiger partial charge < -0.3 is 5.32 Å². The zero-order chi connectivity index (χ0) is 16.6. The van der Waals surface area contributed by atoms with Crippen LogP contribution in [0.3, 0.4) is 0 Å². The fourth-order valence-corrected chi connectivity index (χ4v) is 2.99. The van der Waals surface area contributed by atoms with E-state index < -0.39 is 5.41 Å². The summed E-state index contributed by atoms with van der Waals surface area (Å²) in [5.41, 5.74) is 2.36. The van der Waals surface area contributed by atoms with Crippen molar-refractivity contribution in [1.82, 2.24) is 5.32 Å². The second-order valence-electron chi connectivity index (χ2n) is 8.80. The van der Waals surface area contributed by atoms with Crippen molar-refractivity contribution in [3.05, 3.63) is 35.4 Å². The molecule has 1 N–H and O–H groups in total. The molecular formula is C20H31NO. The predicted molar refractivity (Wildman–Crippen MR) is 93.1 cm³/mol. The van der Waals surface area contributed by atoms with Gasteiger partial charge in [-0.3, -0.25) is 4.79 Å². The van der Waals surface area contributed by atoms with Gasteiger partial charge in [0, 0.05) is 6.54 Å². The van der Waals surface area contributed by atoms with Gasteiger partial charge in [-0.05, 0) is 48.6 Å². The van der Waals surface area contributed by atoms with Crippen LogP contribution in [0, 0.1) is 5.41 Å². The van der Waals surface area contributed by atoms with E-state index in [1.807, 2.05) is 13.8 Å². The SMILES string of the molecule is CC1(CNC(=O)C(C)(C)c2ccc(C(C)(C)C)cc2)CCC1. The fourth-order valence-electron chi connectivity index (χ4n) is 2.99. The van der Waals surface area contributed by atoms with Gasteiger partial charge in [0.05, 0.1) is 5.41 Å². The molecule has 0 radical (unpaired) electrons. The maximum atomic E-state index is 12.6. The van der Waals surface area contributed by atoms with Gasteiger partial charge in [-0.1, -0.05) is 58.4 Å². The van der Waals surface area contributed by atoms with Gasteiger partial charge in [0.1, 0.15) is 0 Å². The van der Waals surface area contributed by atoms with Crippen molar-refractivity contribution in [1.29, 1.82) is 0 Å². The second kappa shape index (κ2) is 5.72. The monoisotopic (exact) mass is 301 g/mol. The van der Waals surface area contributed by atoms with Crippen molar-refractivity contribution in [2.45, 2.75) is 71.6 Å². The van der Waals surface area contributed by atoms with Gasteiger partial charge in [0.25, 0.3) is 0 Å². The molecule has 1 aliphatic carbocycles. The lowest BCUT2D eigenvalue weighted by Gasteiger charge is -2.39. The van der Waals surface area contributed by atoms with Crippen LogP contribution in [0.4, 0.5) is 0 Å². The third-order valence-corrected chi connectivity index (χ3v) is 5.28. The molecule has 0 saturated heterocycles. The van der Waals surface area contributed by atoms with E-state index in [0.717, 1.165) is 12.1 Å². The van der Waals surface area contributed by atoms with Crippen LogP contribution in [-0.4, -0.2) is 12.5 Å². The summed E-state index contributed by atoms with van der Waals surface area (Å²) in [6, 6.07) is 8.51. The van der Waals surface area contributed by atoms with E-state index >= 15 is 0 Å². The molecule has 1 saturated carbocycles. The first-order valence-corrected chi connectivity index (χ1v) is 8.44. The Hall–Kier alpha value is -1.31. The highest BCUT2D eigenvalue weighted by molar-refractivity contribution is 5.87. The summed E-state index contributed by atoms with van der Waals surface area (Å²) in [6.07, 6.45) is 3.76. The van der Waals surface area contributed by atoms with Gasteiger partial charge in [0.15, 0.2) is 0 Å². The van der Waals surface area contributed by atoms with Crippen LogP contribution < -0.4 is 5.32 Å². The zero-order valence-corrected chi connectivity index (χ0v) is 15.0. The third-order valence-electron chi connectivity index (χ3n) is 5.28. The summed E-state index contributed by atoms with van der Waals surface area (Å²) in [4.78, 5) is 12.6. The topological polar surface area (TPSA) is 29.1 Å². The van der Waals surface area contributed by atoms with Gasteiger partial charge in [-0.15, -0.1) is 0 Å². The van der Waals surface area contributed by atoms with Crippen LogP contribution in [0.15, 0.2) is 24.3 Å². The largest absolute Gasteiger partial charge is 0.355 e. The van der Waals surface area contributed by atoms with E-state index in [4.69, 9.17) is 0 Å². The van der Waals surface area contributed by atoms with Crippen molar-refractivity contribution in [3.8, 4) is 0 Å². The lowest BCUT2D eigenvalue weighted by molar-refractivity contribution is -0.126. The van der Waals surface area contributed by atoms with Gasteiger partial charge in [-0.25, -0.2) is 0 Å². The molecule has 0 spiro atoms. The van der Waals surface area contributed by atoms with Crippen molar-refractivity contribution in [2.75, 3.05) is 6.54 Å². The molecule has 2 rings (SSSR count). The number of hydrogen-bond acceptors (Lipinski definition) is 1. The average molecular weight is 301 g/mol. The summed E-state index contributed by atoms with van der Waals surface area (Å²) in [7, 11) is 0. The highest BCUT2D eigenvalue weighted by atomic mass is 16.2. The maximum Gasteiger partial charge on any atom is 0.230 e. The van der Waals surface area contributed by atoms with E-state index in [0.29, 0.717) is 5.41 Å². The Morgan fingerprint density at radius 3 is 1.95 bits per heavy atom. The number of carbonyl (C=O) groups excluding carboxylic acids is 1. The van der Waals surface area contributed by atoms with Crippen LogP contribution in [0.25, 0.3) is 0 Å². The molecule has 0 atom stereocenters. The van der Waals surface area contributed by atoms with Crippen molar-refractivity contribution < 1.29 is 4.79 Å². The van der Waals surface area contributed by atoms with E-state index in [9.17, 15) is 4.79 Å². The maximum absolute atomic E-state index is 12.6. The molecule has 2 nitrogen and oxygen atoms in total. The number of carbonyl (C=O) groups is 1. The van der Waals surface area contributed by atoms with Crippen molar-refractivity contribution in [2.24, 2.45) is 5.41 Å². The van der Waals surface area contributed by atoms with E-state index in [2.05, 4.69) is 57.3 Å². The highest BCUT2D eigenvalue weighted by Crippen LogP contribution is 2.39. The number of benzene rings is 1. The van der Waals surface area contributed by atoms with E-state index in [1.165, 1.54) is 24.8 Å².